The van der Waals surface area contributed by atoms with Crippen LogP contribution in [0.5, 0.6) is 0 Å². The molecule has 0 atom stereocenters. The van der Waals surface area contributed by atoms with E-state index in [9.17, 15) is 0 Å². The molecule has 0 radical (unpaired) electrons. The number of aryl methyl sites for hydroxylation is 1. The van der Waals surface area contributed by atoms with Crippen molar-refractivity contribution < 1.29 is 0 Å². The smallest absolute Gasteiger partial charge is 0.264 e. The van der Waals surface area contributed by atoms with Crippen molar-refractivity contribution in [2.75, 3.05) is 9.80 Å². The van der Waals surface area contributed by atoms with Gasteiger partial charge in [-0.15, -0.1) is 11.3 Å². The molecule has 2 aliphatic heterocycles. The van der Waals surface area contributed by atoms with Gasteiger partial charge in [0.1, 0.15) is 0 Å². The first-order valence-electron chi connectivity index (χ1n) is 28.0. The first kappa shape index (κ1) is 50.0. The summed E-state index contributed by atoms with van der Waals surface area (Å²) in [5.41, 5.74) is 26.6. The number of anilines is 6. The van der Waals surface area contributed by atoms with Crippen LogP contribution < -0.4 is 25.5 Å². The van der Waals surface area contributed by atoms with Gasteiger partial charge in [-0.1, -0.05) is 190 Å². The fourth-order valence-electron chi connectivity index (χ4n) is 13.8. The second kappa shape index (κ2) is 16.1. The van der Waals surface area contributed by atoms with Crippen LogP contribution in [0.4, 0.5) is 34.1 Å². The van der Waals surface area contributed by atoms with Crippen molar-refractivity contribution in [2.45, 2.75) is 175 Å². The predicted molar refractivity (Wildman–Crippen MR) is 328 cm³/mol. The van der Waals surface area contributed by atoms with Crippen molar-refractivity contribution in [1.29, 1.82) is 0 Å². The monoisotopic (exact) mass is 1000 g/mol. The van der Waals surface area contributed by atoms with Crippen LogP contribution in [0.2, 0.25) is 0 Å². The zero-order chi connectivity index (χ0) is 53.5. The number of hydrogen-bond donors (Lipinski definition) is 0. The molecule has 0 amide bonds. The normalized spacial score (nSPS) is 17.7. The Morgan fingerprint density at radius 1 is 0.467 bits per heavy atom. The van der Waals surface area contributed by atoms with E-state index in [0.29, 0.717) is 0 Å². The van der Waals surface area contributed by atoms with Gasteiger partial charge in [-0.05, 0) is 174 Å². The van der Waals surface area contributed by atoms with Crippen molar-refractivity contribution in [3.63, 3.8) is 0 Å². The average molecular weight is 1000 g/mol. The lowest BCUT2D eigenvalue weighted by atomic mass is 9.35. The highest BCUT2D eigenvalue weighted by molar-refractivity contribution is 7.33. The molecule has 2 nitrogen and oxygen atoms in total. The molecule has 12 rings (SSSR count). The van der Waals surface area contributed by atoms with E-state index in [1.165, 1.54) is 140 Å². The number of benzene rings is 7. The number of thiophene rings is 1. The van der Waals surface area contributed by atoms with E-state index in [4.69, 9.17) is 0 Å². The third-order valence-corrected chi connectivity index (χ3v) is 19.9. The summed E-state index contributed by atoms with van der Waals surface area (Å²) >= 11 is 2.02. The molecule has 2 aliphatic carbocycles. The molecule has 0 bridgehead atoms. The SMILES string of the molecule is Cc1cc2c3c(c1)N(c1ccc4c(c1)C(C)(C)CCC4(C)C)c1c(sc4ccc(C(C)(C)C)cc14)B3c1cc3c(cc1N2c1ccc(C(C)(C)C)cc1-c1ccc(C(C)(C)C)cc1)C(C)(C)c1ccccc1C3(C)C. The van der Waals surface area contributed by atoms with E-state index in [2.05, 4.69) is 262 Å². The zero-order valence-electron chi connectivity index (χ0n) is 48.4. The molecule has 3 heterocycles. The standard InChI is InChI=1S/C71H79BN2S/c1-42-35-59-62-60(36-42)74(57-31-27-45(66(5,6)7)37-48(57)43-23-25-44(26-24-43)65(2,3)4)58-41-55-54(70(15,16)51-21-19-20-22-52(51)71(55,17)18)40-56(58)72(62)64-63(49-38-46(67(8,9)10)28-32-61(49)75-64)73(59)47-29-30-50-53(39-47)69(13,14)34-33-68(50,11)12/h19-32,35-41H,33-34H2,1-18H3. The van der Waals surface area contributed by atoms with Crippen molar-refractivity contribution >= 4 is 78.0 Å². The Balaban J connectivity index is 1.22. The molecule has 0 spiro atoms. The zero-order valence-corrected chi connectivity index (χ0v) is 49.2. The number of fused-ring (bicyclic) bond motifs is 9. The molecule has 0 N–H and O–H groups in total. The lowest BCUT2D eigenvalue weighted by Gasteiger charge is -2.48. The van der Waals surface area contributed by atoms with Gasteiger partial charge in [0.05, 0.1) is 11.4 Å². The fraction of sp³-hybridized carbons (Fsp3) is 0.380. The summed E-state index contributed by atoms with van der Waals surface area (Å²) in [5, 5.41) is 1.35. The molecule has 7 aromatic carbocycles. The lowest BCUT2D eigenvalue weighted by Crippen LogP contribution is -2.61. The van der Waals surface area contributed by atoms with Gasteiger partial charge in [0, 0.05) is 54.0 Å². The molecule has 382 valence electrons. The molecule has 4 heteroatoms. The summed E-state index contributed by atoms with van der Waals surface area (Å²) in [6.07, 6.45) is 2.36. The van der Waals surface area contributed by atoms with Crippen LogP contribution in [-0.2, 0) is 37.9 Å². The maximum atomic E-state index is 2.72. The quantitative estimate of drug-likeness (QED) is 0.163. The molecule has 8 aromatic rings. The van der Waals surface area contributed by atoms with E-state index in [1.54, 1.807) is 0 Å². The lowest BCUT2D eigenvalue weighted by molar-refractivity contribution is 0.332. The van der Waals surface area contributed by atoms with Gasteiger partial charge in [-0.3, -0.25) is 0 Å². The number of nitrogens with zero attached hydrogens (tertiary/aromatic N) is 2. The molecule has 4 aliphatic rings. The molecular formula is C71H79BN2S. The molecule has 75 heavy (non-hydrogen) atoms. The van der Waals surface area contributed by atoms with Crippen molar-refractivity contribution in [1.82, 2.24) is 0 Å². The van der Waals surface area contributed by atoms with Crippen LogP contribution in [0.15, 0.2) is 127 Å². The Morgan fingerprint density at radius 3 is 1.63 bits per heavy atom. The Kier molecular flexibility index (Phi) is 10.7. The second-order valence-corrected chi connectivity index (χ2v) is 29.7. The Labute approximate surface area is 454 Å². The number of hydrogen-bond acceptors (Lipinski definition) is 3. The number of rotatable bonds is 3. The van der Waals surface area contributed by atoms with Gasteiger partial charge >= 0.3 is 0 Å². The summed E-state index contributed by atoms with van der Waals surface area (Å²) in [5.74, 6) is 0. The van der Waals surface area contributed by atoms with Crippen LogP contribution in [0.1, 0.15) is 186 Å². The Bertz CT molecular complexity index is 3690. The minimum atomic E-state index is -0.230. The molecule has 0 saturated heterocycles. The van der Waals surface area contributed by atoms with E-state index in [0.717, 1.165) is 0 Å². The first-order valence-corrected chi connectivity index (χ1v) is 28.8. The fourth-order valence-corrected chi connectivity index (χ4v) is 15.1. The third-order valence-electron chi connectivity index (χ3n) is 18.7. The van der Waals surface area contributed by atoms with Gasteiger partial charge in [-0.2, -0.15) is 0 Å². The van der Waals surface area contributed by atoms with Crippen molar-refractivity contribution in [3.05, 3.63) is 183 Å². The first-order chi connectivity index (χ1) is 35.0. The molecule has 0 fully saturated rings. The Morgan fingerprint density at radius 2 is 1.01 bits per heavy atom. The van der Waals surface area contributed by atoms with Crippen LogP contribution in [0, 0.1) is 6.92 Å². The molecule has 1 aromatic heterocycles. The van der Waals surface area contributed by atoms with Gasteiger partial charge in [-0.25, -0.2) is 0 Å². The van der Waals surface area contributed by atoms with Gasteiger partial charge in [0.15, 0.2) is 0 Å². The maximum absolute atomic E-state index is 2.72. The highest BCUT2D eigenvalue weighted by Gasteiger charge is 2.50. The molecule has 0 unspecified atom stereocenters. The van der Waals surface area contributed by atoms with Crippen LogP contribution in [0.3, 0.4) is 0 Å². The van der Waals surface area contributed by atoms with E-state index >= 15 is 0 Å². The van der Waals surface area contributed by atoms with E-state index < -0.39 is 0 Å². The highest BCUT2D eigenvalue weighted by Crippen LogP contribution is 2.56. The summed E-state index contributed by atoms with van der Waals surface area (Å²) in [4.78, 5) is 5.44. The van der Waals surface area contributed by atoms with Crippen LogP contribution >= 0.6 is 11.3 Å². The third kappa shape index (κ3) is 7.52. The summed E-state index contributed by atoms with van der Waals surface area (Å²) < 4.78 is 2.78. The van der Waals surface area contributed by atoms with Crippen LogP contribution in [-0.4, -0.2) is 6.71 Å². The molecule has 0 saturated carbocycles. The van der Waals surface area contributed by atoms with Gasteiger partial charge in [0.25, 0.3) is 6.71 Å². The minimum Gasteiger partial charge on any atom is -0.311 e. The highest BCUT2D eigenvalue weighted by atomic mass is 32.1. The van der Waals surface area contributed by atoms with Crippen molar-refractivity contribution in [2.24, 2.45) is 0 Å². The van der Waals surface area contributed by atoms with Crippen LogP contribution in [0.25, 0.3) is 21.2 Å². The average Bonchev–Trinajstić information content (AvgIpc) is 3.82. The summed E-state index contributed by atoms with van der Waals surface area (Å²) in [6.45, 7) is 43.2. The van der Waals surface area contributed by atoms with Gasteiger partial charge < -0.3 is 9.80 Å². The largest absolute Gasteiger partial charge is 0.311 e. The summed E-state index contributed by atoms with van der Waals surface area (Å²) in [6, 6.07) is 51.5. The van der Waals surface area contributed by atoms with E-state index in [1.807, 2.05) is 11.3 Å². The predicted octanol–water partition coefficient (Wildman–Crippen LogP) is 18.2. The topological polar surface area (TPSA) is 6.48 Å². The second-order valence-electron chi connectivity index (χ2n) is 28.7. The van der Waals surface area contributed by atoms with E-state index in [-0.39, 0.29) is 44.6 Å². The minimum absolute atomic E-state index is 0.00124. The Hall–Kier alpha value is -5.84. The molecular weight excluding hydrogens is 924 g/mol. The van der Waals surface area contributed by atoms with Gasteiger partial charge in [0.2, 0.25) is 0 Å². The maximum Gasteiger partial charge on any atom is 0.264 e. The van der Waals surface area contributed by atoms with Crippen molar-refractivity contribution in [3.8, 4) is 11.1 Å². The summed E-state index contributed by atoms with van der Waals surface area (Å²) in [7, 11) is 0.